The maximum atomic E-state index is 10.9. The van der Waals surface area contributed by atoms with Crippen molar-refractivity contribution in [3.63, 3.8) is 0 Å². The van der Waals surface area contributed by atoms with Gasteiger partial charge in [0.2, 0.25) is 10.0 Å². The molecule has 0 aliphatic rings. The minimum absolute atomic E-state index is 0.0503. The summed E-state index contributed by atoms with van der Waals surface area (Å²) in [6.07, 6.45) is 0.378. The number of halogens is 1. The summed E-state index contributed by atoms with van der Waals surface area (Å²) >= 11 is 5.63. The lowest BCUT2D eigenvalue weighted by Crippen LogP contribution is -2.12. The number of sulfonamides is 1. The lowest BCUT2D eigenvalue weighted by atomic mass is 10.1. The van der Waals surface area contributed by atoms with E-state index in [1.165, 1.54) is 12.1 Å². The highest BCUT2D eigenvalue weighted by Gasteiger charge is 2.08. The third kappa shape index (κ3) is 3.51. The Hall–Kier alpha value is -1.09. The van der Waals surface area contributed by atoms with Crippen molar-refractivity contribution >= 4 is 21.6 Å². The van der Waals surface area contributed by atoms with Gasteiger partial charge in [-0.25, -0.2) is 13.6 Å². The number of primary sulfonamides is 1. The van der Waals surface area contributed by atoms with Crippen LogP contribution in [0.15, 0.2) is 29.2 Å². The second kappa shape index (κ2) is 4.62. The van der Waals surface area contributed by atoms with Crippen LogP contribution in [-0.4, -0.2) is 13.8 Å². The predicted octanol–water partition coefficient (Wildman–Crippen LogP) is 1.01. The van der Waals surface area contributed by atoms with E-state index >= 15 is 0 Å². The summed E-state index contributed by atoms with van der Waals surface area (Å²) < 4.78 is 21.8. The zero-order chi connectivity index (χ0) is 11.5. The fourth-order valence-electron chi connectivity index (χ4n) is 1.07. The fraction of sp³-hybridized carbons (Fsp3) is 0.222. The van der Waals surface area contributed by atoms with Crippen LogP contribution in [0.25, 0.3) is 0 Å². The maximum Gasteiger partial charge on any atom is 0.238 e. The van der Waals surface area contributed by atoms with E-state index in [1.807, 2.05) is 6.07 Å². The Morgan fingerprint density at radius 1 is 1.40 bits per heavy atom. The van der Waals surface area contributed by atoms with Crippen molar-refractivity contribution < 1.29 is 8.42 Å². The number of nitriles is 1. The number of benzene rings is 1. The van der Waals surface area contributed by atoms with E-state index in [1.54, 1.807) is 12.1 Å². The van der Waals surface area contributed by atoms with Gasteiger partial charge in [0.05, 0.1) is 11.0 Å². The summed E-state index contributed by atoms with van der Waals surface area (Å²) in [5.74, 6) is 0. The third-order valence-corrected chi connectivity index (χ3v) is 2.99. The Kier molecular flexibility index (Phi) is 3.69. The van der Waals surface area contributed by atoms with E-state index in [-0.39, 0.29) is 4.90 Å². The number of hydrogen-bond donors (Lipinski definition) is 1. The van der Waals surface area contributed by atoms with Crippen molar-refractivity contribution in [2.75, 3.05) is 0 Å². The van der Waals surface area contributed by atoms with Gasteiger partial charge in [-0.05, 0) is 17.7 Å². The standard InChI is InChI=1S/C9H9ClN2O2S/c10-8(6-11)5-7-1-3-9(4-2-7)15(12,13)14/h1-4,8H,5H2,(H2,12,13,14). The van der Waals surface area contributed by atoms with Crippen LogP contribution in [0.3, 0.4) is 0 Å². The lowest BCUT2D eigenvalue weighted by Gasteiger charge is -2.02. The summed E-state index contributed by atoms with van der Waals surface area (Å²) in [5, 5.41) is 12.8. The van der Waals surface area contributed by atoms with Crippen LogP contribution < -0.4 is 5.14 Å². The topological polar surface area (TPSA) is 83.9 Å². The van der Waals surface area contributed by atoms with Crippen LogP contribution in [0, 0.1) is 11.3 Å². The largest absolute Gasteiger partial charge is 0.238 e. The Morgan fingerprint density at radius 2 is 1.93 bits per heavy atom. The van der Waals surface area contributed by atoms with Crippen LogP contribution in [0.1, 0.15) is 5.56 Å². The van der Waals surface area contributed by atoms with E-state index in [2.05, 4.69) is 0 Å². The third-order valence-electron chi connectivity index (χ3n) is 1.81. The summed E-state index contributed by atoms with van der Waals surface area (Å²) in [5.41, 5.74) is 0.795. The molecule has 1 atom stereocenters. The van der Waals surface area contributed by atoms with Gasteiger partial charge in [0.1, 0.15) is 5.38 Å². The van der Waals surface area contributed by atoms with Crippen molar-refractivity contribution in [2.45, 2.75) is 16.7 Å². The van der Waals surface area contributed by atoms with E-state index in [4.69, 9.17) is 22.0 Å². The second-order valence-corrected chi connectivity index (χ2v) is 5.08. The molecule has 0 amide bonds. The summed E-state index contributed by atoms with van der Waals surface area (Å²) in [6.45, 7) is 0. The fourth-order valence-corrected chi connectivity index (χ4v) is 1.76. The van der Waals surface area contributed by atoms with Crippen molar-refractivity contribution in [2.24, 2.45) is 5.14 Å². The van der Waals surface area contributed by atoms with Crippen LogP contribution in [0.5, 0.6) is 0 Å². The second-order valence-electron chi connectivity index (χ2n) is 2.99. The highest BCUT2D eigenvalue weighted by atomic mass is 35.5. The van der Waals surface area contributed by atoms with Crippen LogP contribution in [0.2, 0.25) is 0 Å². The van der Waals surface area contributed by atoms with Gasteiger partial charge in [-0.1, -0.05) is 12.1 Å². The van der Waals surface area contributed by atoms with Gasteiger partial charge in [0.15, 0.2) is 0 Å². The summed E-state index contributed by atoms with van der Waals surface area (Å²) in [4.78, 5) is 0.0503. The Morgan fingerprint density at radius 3 is 2.33 bits per heavy atom. The Bertz CT molecular complexity index is 476. The first kappa shape index (κ1) is 12.0. The van der Waals surface area contributed by atoms with Crippen molar-refractivity contribution in [1.82, 2.24) is 0 Å². The molecule has 0 bridgehead atoms. The Labute approximate surface area is 93.3 Å². The highest BCUT2D eigenvalue weighted by molar-refractivity contribution is 7.89. The maximum absolute atomic E-state index is 10.9. The number of nitrogens with two attached hydrogens (primary N) is 1. The van der Waals surface area contributed by atoms with Crippen LogP contribution >= 0.6 is 11.6 Å². The molecule has 15 heavy (non-hydrogen) atoms. The summed E-state index contributed by atoms with van der Waals surface area (Å²) in [6, 6.07) is 7.85. The zero-order valence-electron chi connectivity index (χ0n) is 7.72. The molecule has 0 saturated carbocycles. The quantitative estimate of drug-likeness (QED) is 0.806. The molecule has 1 aromatic rings. The van der Waals surface area contributed by atoms with E-state index in [9.17, 15) is 8.42 Å². The van der Waals surface area contributed by atoms with Crippen LogP contribution in [-0.2, 0) is 16.4 Å². The van der Waals surface area contributed by atoms with Crippen LogP contribution in [0.4, 0.5) is 0 Å². The van der Waals surface area contributed by atoms with E-state index in [0.29, 0.717) is 6.42 Å². The molecule has 1 aromatic carbocycles. The molecule has 0 fully saturated rings. The molecule has 2 N–H and O–H groups in total. The van der Waals surface area contributed by atoms with Gasteiger partial charge < -0.3 is 0 Å². The molecule has 0 saturated heterocycles. The number of nitrogens with zero attached hydrogens (tertiary/aromatic N) is 1. The van der Waals surface area contributed by atoms with E-state index < -0.39 is 15.4 Å². The molecule has 80 valence electrons. The average Bonchev–Trinajstić information content (AvgIpc) is 2.17. The van der Waals surface area contributed by atoms with Crippen molar-refractivity contribution in [3.05, 3.63) is 29.8 Å². The molecule has 0 aromatic heterocycles. The SMILES string of the molecule is N#CC(Cl)Cc1ccc(S(N)(=O)=O)cc1. The first-order chi connectivity index (χ1) is 6.93. The minimum atomic E-state index is -3.65. The number of rotatable bonds is 3. The molecule has 4 nitrogen and oxygen atoms in total. The van der Waals surface area contributed by atoms with Gasteiger partial charge in [0, 0.05) is 6.42 Å². The zero-order valence-corrected chi connectivity index (χ0v) is 9.29. The molecule has 6 heteroatoms. The van der Waals surface area contributed by atoms with Gasteiger partial charge in [0.25, 0.3) is 0 Å². The van der Waals surface area contributed by atoms with Crippen molar-refractivity contribution in [3.8, 4) is 6.07 Å². The Balaban J connectivity index is 2.88. The first-order valence-corrected chi connectivity index (χ1v) is 6.07. The minimum Gasteiger partial charge on any atom is -0.225 e. The van der Waals surface area contributed by atoms with Gasteiger partial charge in [-0.3, -0.25) is 0 Å². The molecule has 1 rings (SSSR count). The van der Waals surface area contributed by atoms with E-state index in [0.717, 1.165) is 5.56 Å². The highest BCUT2D eigenvalue weighted by Crippen LogP contribution is 2.12. The number of alkyl halides is 1. The summed E-state index contributed by atoms with van der Waals surface area (Å²) in [7, 11) is -3.65. The molecule has 0 heterocycles. The van der Waals surface area contributed by atoms with Gasteiger partial charge in [-0.15, -0.1) is 11.6 Å². The molecular weight excluding hydrogens is 236 g/mol. The molecule has 1 unspecified atom stereocenters. The first-order valence-electron chi connectivity index (χ1n) is 4.09. The molecular formula is C9H9ClN2O2S. The molecule has 0 aliphatic heterocycles. The molecule has 0 radical (unpaired) electrons. The average molecular weight is 245 g/mol. The monoisotopic (exact) mass is 244 g/mol. The van der Waals surface area contributed by atoms with Gasteiger partial charge in [-0.2, -0.15) is 5.26 Å². The molecule has 0 spiro atoms. The predicted molar refractivity (Wildman–Crippen MR) is 56.8 cm³/mol. The number of hydrogen-bond acceptors (Lipinski definition) is 3. The van der Waals surface area contributed by atoms with Gasteiger partial charge >= 0.3 is 0 Å². The lowest BCUT2D eigenvalue weighted by molar-refractivity contribution is 0.598. The van der Waals surface area contributed by atoms with Crippen molar-refractivity contribution in [1.29, 1.82) is 5.26 Å². The normalized spacial score (nSPS) is 13.1. The smallest absolute Gasteiger partial charge is 0.225 e. The molecule has 0 aliphatic carbocycles.